The molecule has 0 aliphatic carbocycles. The third kappa shape index (κ3) is 23.7. The Kier molecular flexibility index (Phi) is 25.6. The number of amides is 2. The zero-order valence-electron chi connectivity index (χ0n) is 25.4. The van der Waals surface area contributed by atoms with Crippen LogP contribution in [0.2, 0.25) is 0 Å². The van der Waals surface area contributed by atoms with Gasteiger partial charge in [-0.2, -0.15) is 0 Å². The summed E-state index contributed by atoms with van der Waals surface area (Å²) < 4.78 is 5.87. The van der Waals surface area contributed by atoms with Gasteiger partial charge in [-0.05, 0) is 38.5 Å². The quantitative estimate of drug-likeness (QED) is 0.0687. The van der Waals surface area contributed by atoms with Crippen LogP contribution in [0.15, 0.2) is 0 Å². The molecule has 0 aliphatic rings. The molecule has 40 heavy (non-hydrogen) atoms. The van der Waals surface area contributed by atoms with Crippen LogP contribution in [0.4, 0.5) is 0 Å². The Bertz CT molecular complexity index is 672. The second-order valence-electron chi connectivity index (χ2n) is 10.9. The lowest BCUT2D eigenvalue weighted by Gasteiger charge is -2.18. The van der Waals surface area contributed by atoms with E-state index in [1.807, 2.05) is 0 Å². The standard InChI is InChI=1S/C31H58N2O7/c1-3-5-7-9-10-11-13-19-23-30(37)40-26(20-16-12-8-6-4-2)21-17-14-15-18-22-28(35)32-24-29(36)33-27(25-34)31(38)39/h26-27,34H,3-25H2,1-2H3,(H,32,35)(H,33,36)(H,38,39). The molecule has 9 heteroatoms. The van der Waals surface area contributed by atoms with Gasteiger partial charge in [-0.1, -0.05) is 97.3 Å². The average Bonchev–Trinajstić information content (AvgIpc) is 2.93. The van der Waals surface area contributed by atoms with Crippen LogP contribution in [0.1, 0.15) is 149 Å². The van der Waals surface area contributed by atoms with Crippen molar-refractivity contribution in [1.29, 1.82) is 0 Å². The molecule has 0 spiro atoms. The lowest BCUT2D eigenvalue weighted by atomic mass is 10.0. The fraction of sp³-hybridized carbons (Fsp3) is 0.871. The normalized spacial score (nSPS) is 12.5. The Morgan fingerprint density at radius 1 is 0.650 bits per heavy atom. The highest BCUT2D eigenvalue weighted by Gasteiger charge is 2.19. The highest BCUT2D eigenvalue weighted by Crippen LogP contribution is 2.18. The van der Waals surface area contributed by atoms with Gasteiger partial charge in [-0.15, -0.1) is 0 Å². The highest BCUT2D eigenvalue weighted by molar-refractivity contribution is 5.87. The van der Waals surface area contributed by atoms with E-state index in [2.05, 4.69) is 24.5 Å². The first-order valence-electron chi connectivity index (χ1n) is 15.9. The van der Waals surface area contributed by atoms with Crippen LogP contribution in [-0.2, 0) is 23.9 Å². The first-order valence-corrected chi connectivity index (χ1v) is 15.9. The summed E-state index contributed by atoms with van der Waals surface area (Å²) in [6, 6.07) is -1.38. The number of carboxylic acid groups (broad SMARTS) is 1. The molecule has 0 aromatic heterocycles. The molecule has 0 saturated heterocycles. The van der Waals surface area contributed by atoms with Crippen molar-refractivity contribution in [2.75, 3.05) is 13.2 Å². The number of ether oxygens (including phenoxy) is 1. The van der Waals surface area contributed by atoms with E-state index in [0.717, 1.165) is 51.4 Å². The molecule has 9 nitrogen and oxygen atoms in total. The zero-order chi connectivity index (χ0) is 29.8. The molecular formula is C31H58N2O7. The number of nitrogens with one attached hydrogen (secondary N) is 2. The Labute approximate surface area is 242 Å². The Morgan fingerprint density at radius 2 is 1.12 bits per heavy atom. The van der Waals surface area contributed by atoms with Gasteiger partial charge in [0.1, 0.15) is 12.1 Å². The number of carbonyl (C=O) groups excluding carboxylic acids is 3. The molecule has 2 unspecified atom stereocenters. The van der Waals surface area contributed by atoms with Crippen LogP contribution in [0.25, 0.3) is 0 Å². The first kappa shape index (κ1) is 37.8. The number of rotatable bonds is 28. The summed E-state index contributed by atoms with van der Waals surface area (Å²) in [5.74, 6) is -2.34. The molecule has 4 N–H and O–H groups in total. The SMILES string of the molecule is CCCCCCCCCCC(=O)OC(CCCCCCC)CCCCCCC(=O)NCC(=O)NC(CO)C(=O)O. The van der Waals surface area contributed by atoms with E-state index < -0.39 is 24.5 Å². The molecule has 0 saturated carbocycles. The largest absolute Gasteiger partial charge is 0.480 e. The van der Waals surface area contributed by atoms with Gasteiger partial charge in [0, 0.05) is 12.8 Å². The first-order chi connectivity index (χ1) is 19.3. The Balaban J connectivity index is 4.16. The highest BCUT2D eigenvalue weighted by atomic mass is 16.5. The van der Waals surface area contributed by atoms with Gasteiger partial charge in [-0.25, -0.2) is 4.79 Å². The van der Waals surface area contributed by atoms with Crippen LogP contribution >= 0.6 is 0 Å². The van der Waals surface area contributed by atoms with Crippen LogP contribution < -0.4 is 10.6 Å². The van der Waals surface area contributed by atoms with Crippen LogP contribution in [0.3, 0.4) is 0 Å². The summed E-state index contributed by atoms with van der Waals surface area (Å²) in [4.78, 5) is 46.9. The van der Waals surface area contributed by atoms with Crippen LogP contribution in [0, 0.1) is 0 Å². The number of esters is 1. The zero-order valence-corrected chi connectivity index (χ0v) is 25.4. The van der Waals surface area contributed by atoms with Gasteiger partial charge in [0.05, 0.1) is 13.2 Å². The molecule has 2 atom stereocenters. The minimum absolute atomic E-state index is 0.0291. The summed E-state index contributed by atoms with van der Waals surface area (Å²) in [5.41, 5.74) is 0. The lowest BCUT2D eigenvalue weighted by Crippen LogP contribution is -2.47. The van der Waals surface area contributed by atoms with Gasteiger partial charge in [0.25, 0.3) is 0 Å². The van der Waals surface area contributed by atoms with E-state index in [9.17, 15) is 19.2 Å². The maximum Gasteiger partial charge on any atom is 0.328 e. The van der Waals surface area contributed by atoms with Crippen molar-refractivity contribution in [3.63, 3.8) is 0 Å². The Morgan fingerprint density at radius 3 is 1.62 bits per heavy atom. The number of carbonyl (C=O) groups is 4. The summed E-state index contributed by atoms with van der Waals surface area (Å²) in [7, 11) is 0. The average molecular weight is 571 g/mol. The summed E-state index contributed by atoms with van der Waals surface area (Å²) in [5, 5.41) is 22.4. The monoisotopic (exact) mass is 570 g/mol. The lowest BCUT2D eigenvalue weighted by molar-refractivity contribution is -0.150. The molecule has 0 rings (SSSR count). The predicted molar refractivity (Wildman–Crippen MR) is 158 cm³/mol. The third-order valence-electron chi connectivity index (χ3n) is 7.10. The summed E-state index contributed by atoms with van der Waals surface area (Å²) in [6.45, 7) is 3.38. The van der Waals surface area contributed by atoms with Crippen LogP contribution in [-0.4, -0.2) is 59.3 Å². The van der Waals surface area contributed by atoms with Crippen molar-refractivity contribution >= 4 is 23.8 Å². The fourth-order valence-electron chi connectivity index (χ4n) is 4.59. The molecular weight excluding hydrogens is 512 g/mol. The summed E-state index contributed by atoms with van der Waals surface area (Å²) in [6.07, 6.45) is 21.5. The van der Waals surface area contributed by atoms with Crippen molar-refractivity contribution in [1.82, 2.24) is 10.6 Å². The smallest absolute Gasteiger partial charge is 0.328 e. The number of aliphatic carboxylic acids is 1. The predicted octanol–water partition coefficient (Wildman–Crippen LogP) is 5.81. The van der Waals surface area contributed by atoms with Gasteiger partial charge >= 0.3 is 11.9 Å². The second kappa shape index (κ2) is 27.0. The number of unbranched alkanes of at least 4 members (excludes halogenated alkanes) is 14. The molecule has 0 aromatic carbocycles. The van der Waals surface area contributed by atoms with E-state index in [0.29, 0.717) is 12.8 Å². The third-order valence-corrected chi connectivity index (χ3v) is 7.10. The van der Waals surface area contributed by atoms with Gasteiger partial charge in [0.2, 0.25) is 11.8 Å². The minimum atomic E-state index is -1.38. The van der Waals surface area contributed by atoms with Crippen molar-refractivity contribution in [2.45, 2.75) is 161 Å². The molecule has 0 aliphatic heterocycles. The maximum absolute atomic E-state index is 12.5. The van der Waals surface area contributed by atoms with Crippen LogP contribution in [0.5, 0.6) is 0 Å². The second-order valence-corrected chi connectivity index (χ2v) is 10.9. The molecule has 2 amide bonds. The molecule has 0 radical (unpaired) electrons. The van der Waals surface area contributed by atoms with Gasteiger partial charge in [-0.3, -0.25) is 14.4 Å². The van der Waals surface area contributed by atoms with Crippen molar-refractivity contribution < 1.29 is 34.1 Å². The van der Waals surface area contributed by atoms with Crippen molar-refractivity contribution in [3.05, 3.63) is 0 Å². The van der Waals surface area contributed by atoms with E-state index >= 15 is 0 Å². The maximum atomic E-state index is 12.5. The molecule has 0 heterocycles. The van der Waals surface area contributed by atoms with E-state index in [1.165, 1.54) is 64.2 Å². The number of hydrogen-bond acceptors (Lipinski definition) is 6. The molecule has 0 bridgehead atoms. The number of aliphatic hydroxyl groups is 1. The number of carboxylic acids is 1. The fourth-order valence-corrected chi connectivity index (χ4v) is 4.59. The molecule has 234 valence electrons. The minimum Gasteiger partial charge on any atom is -0.480 e. The van der Waals surface area contributed by atoms with E-state index in [1.54, 1.807) is 0 Å². The Hall–Kier alpha value is -2.16. The summed E-state index contributed by atoms with van der Waals surface area (Å²) >= 11 is 0. The molecule has 0 aromatic rings. The molecule has 0 fully saturated rings. The number of hydrogen-bond donors (Lipinski definition) is 4. The van der Waals surface area contributed by atoms with Gasteiger partial charge < -0.3 is 25.6 Å². The number of aliphatic hydroxyl groups excluding tert-OH is 1. The van der Waals surface area contributed by atoms with Crippen molar-refractivity contribution in [2.24, 2.45) is 0 Å². The van der Waals surface area contributed by atoms with Gasteiger partial charge in [0.15, 0.2) is 0 Å². The van der Waals surface area contributed by atoms with E-state index in [-0.39, 0.29) is 30.9 Å². The van der Waals surface area contributed by atoms with Crippen molar-refractivity contribution in [3.8, 4) is 0 Å². The topological polar surface area (TPSA) is 142 Å². The van der Waals surface area contributed by atoms with E-state index in [4.69, 9.17) is 14.9 Å².